The van der Waals surface area contributed by atoms with Gasteiger partial charge in [0.25, 0.3) is 5.91 Å². The fraction of sp³-hybridized carbons (Fsp3) is 0.227. The van der Waals surface area contributed by atoms with Crippen molar-refractivity contribution < 1.29 is 19.5 Å². The number of carboxylic acid groups (broad SMARTS) is 1. The summed E-state index contributed by atoms with van der Waals surface area (Å²) >= 11 is 15.7. The van der Waals surface area contributed by atoms with Crippen LogP contribution in [0.2, 0.25) is 10.3 Å². The molecule has 5 heterocycles. The highest BCUT2D eigenvalue weighted by Gasteiger charge is 2.53. The second kappa shape index (κ2) is 11.6. The van der Waals surface area contributed by atoms with E-state index in [0.29, 0.717) is 44.0 Å². The van der Waals surface area contributed by atoms with Crippen molar-refractivity contribution in [3.05, 3.63) is 52.1 Å². The summed E-state index contributed by atoms with van der Waals surface area (Å²) in [5.41, 5.74) is 6.85. The number of amides is 2. The Morgan fingerprint density at radius 3 is 2.77 bits per heavy atom. The molecule has 39 heavy (non-hydrogen) atoms. The van der Waals surface area contributed by atoms with Gasteiger partial charge in [0.2, 0.25) is 5.91 Å². The van der Waals surface area contributed by atoms with Crippen LogP contribution < -0.4 is 11.1 Å². The smallest absolute Gasteiger partial charge is 0.352 e. The maximum absolute atomic E-state index is 12.9. The van der Waals surface area contributed by atoms with Crippen molar-refractivity contribution in [3.63, 3.8) is 0 Å². The van der Waals surface area contributed by atoms with Crippen LogP contribution in [0.4, 0.5) is 5.82 Å². The van der Waals surface area contributed by atoms with Crippen LogP contribution in [0.3, 0.4) is 0 Å². The van der Waals surface area contributed by atoms with Crippen LogP contribution in [-0.4, -0.2) is 81.6 Å². The summed E-state index contributed by atoms with van der Waals surface area (Å²) in [6.45, 7) is 0. The Hall–Kier alpha value is -2.98. The zero-order chi connectivity index (χ0) is 27.7. The van der Waals surface area contributed by atoms with Crippen molar-refractivity contribution in [2.45, 2.75) is 21.5 Å². The van der Waals surface area contributed by atoms with Gasteiger partial charge >= 0.3 is 5.97 Å². The highest BCUT2D eigenvalue weighted by atomic mass is 35.5. The monoisotopic (exact) mass is 624 g/mol. The van der Waals surface area contributed by atoms with Gasteiger partial charge in [-0.15, -0.1) is 23.5 Å². The molecule has 12 nitrogen and oxygen atoms in total. The number of nitrogens with two attached hydrogens (primary N) is 1. The van der Waals surface area contributed by atoms with E-state index >= 15 is 0 Å². The number of nitrogen functional groups attached to an aromatic ring is 1. The third kappa shape index (κ3) is 5.96. The number of β-lactam (4-membered cyclic amide) rings is 1. The third-order valence-corrected chi connectivity index (χ3v) is 9.03. The molecule has 0 aliphatic carbocycles. The quantitative estimate of drug-likeness (QED) is 0.118. The molecule has 0 unspecified atom stereocenters. The molecule has 2 amide bonds. The first-order valence-electron chi connectivity index (χ1n) is 11.1. The van der Waals surface area contributed by atoms with Gasteiger partial charge in [-0.25, -0.2) is 19.7 Å². The van der Waals surface area contributed by atoms with Crippen molar-refractivity contribution in [3.8, 4) is 0 Å². The predicted molar refractivity (Wildman–Crippen MR) is 151 cm³/mol. The topological polar surface area (TPSA) is 180 Å². The van der Waals surface area contributed by atoms with Gasteiger partial charge in [-0.2, -0.15) is 5.10 Å². The number of thioether (sulfide) groups is 3. The van der Waals surface area contributed by atoms with E-state index in [9.17, 15) is 19.5 Å². The van der Waals surface area contributed by atoms with E-state index in [2.05, 4.69) is 30.5 Å². The number of pyridine rings is 1. The van der Waals surface area contributed by atoms with E-state index in [1.807, 2.05) is 0 Å². The van der Waals surface area contributed by atoms with Gasteiger partial charge in [-0.05, 0) is 17.7 Å². The van der Waals surface area contributed by atoms with Crippen molar-refractivity contribution in [2.24, 2.45) is 0 Å². The van der Waals surface area contributed by atoms with Gasteiger partial charge in [0.15, 0.2) is 10.8 Å². The number of H-pyrrole nitrogens is 1. The number of aromatic nitrogens is 5. The minimum Gasteiger partial charge on any atom is -0.477 e. The third-order valence-electron chi connectivity index (χ3n) is 5.57. The van der Waals surface area contributed by atoms with Crippen LogP contribution >= 0.6 is 58.5 Å². The van der Waals surface area contributed by atoms with Crippen LogP contribution in [0.5, 0.6) is 0 Å². The summed E-state index contributed by atoms with van der Waals surface area (Å²) in [5.74, 6) is -0.926. The number of nitrogens with zero attached hydrogens (tertiary/aromatic N) is 5. The second-order valence-electron chi connectivity index (χ2n) is 8.11. The molecule has 0 bridgehead atoms. The summed E-state index contributed by atoms with van der Waals surface area (Å²) in [6.07, 6.45) is 5.01. The lowest BCUT2D eigenvalue weighted by Gasteiger charge is -2.49. The Kier molecular flexibility index (Phi) is 8.23. The van der Waals surface area contributed by atoms with Crippen molar-refractivity contribution >= 4 is 93.1 Å². The Balaban J connectivity index is 1.19. The minimum absolute atomic E-state index is 0.0216. The standard InChI is InChI=1S/C22H18Cl2N8O4S3/c23-12-4-10(5-13(24)27-12)38-8-14(33)28-15-19(34)32-16(21(35)36)9(7-39-20(15)32)2-1-3-37-22-29-17(25)11-6-26-31-18(11)30-22/h1-2,4-6,15,20H,3,7-8H2,(H,28,33)(H,35,36)(H3,25,26,29,30,31)/t15-,20-/m1/s1. The molecule has 1 fully saturated rings. The summed E-state index contributed by atoms with van der Waals surface area (Å²) in [4.78, 5) is 51.8. The number of halogens is 2. The van der Waals surface area contributed by atoms with E-state index < -0.39 is 23.3 Å². The molecule has 3 aromatic heterocycles. The van der Waals surface area contributed by atoms with E-state index in [1.54, 1.807) is 30.5 Å². The van der Waals surface area contributed by atoms with Crippen LogP contribution in [-0.2, 0) is 14.4 Å². The number of hydrogen-bond acceptors (Lipinski definition) is 11. The highest BCUT2D eigenvalue weighted by molar-refractivity contribution is 8.00. The molecule has 5 N–H and O–H groups in total. The van der Waals surface area contributed by atoms with Crippen LogP contribution in [0.15, 0.2) is 51.8 Å². The first-order chi connectivity index (χ1) is 18.7. The lowest BCUT2D eigenvalue weighted by Crippen LogP contribution is -2.70. The number of hydrogen-bond donors (Lipinski definition) is 4. The molecule has 202 valence electrons. The minimum atomic E-state index is -1.21. The number of carboxylic acids is 1. The maximum Gasteiger partial charge on any atom is 0.352 e. The number of allylic oxidation sites excluding steroid dienone is 1. The van der Waals surface area contributed by atoms with Crippen LogP contribution in [0.25, 0.3) is 11.0 Å². The van der Waals surface area contributed by atoms with Gasteiger partial charge in [0, 0.05) is 16.4 Å². The molecule has 5 rings (SSSR count). The first-order valence-corrected chi connectivity index (χ1v) is 14.9. The average molecular weight is 626 g/mol. The van der Waals surface area contributed by atoms with Crippen molar-refractivity contribution in [2.75, 3.05) is 23.0 Å². The van der Waals surface area contributed by atoms with Gasteiger partial charge in [-0.1, -0.05) is 47.1 Å². The lowest BCUT2D eigenvalue weighted by atomic mass is 10.0. The summed E-state index contributed by atoms with van der Waals surface area (Å²) in [5, 5.41) is 20.2. The number of carbonyl (C=O) groups is 3. The number of aromatic amines is 1. The number of carbonyl (C=O) groups excluding carboxylic acids is 2. The predicted octanol–water partition coefficient (Wildman–Crippen LogP) is 2.82. The van der Waals surface area contributed by atoms with E-state index in [-0.39, 0.29) is 27.7 Å². The van der Waals surface area contributed by atoms with Gasteiger partial charge in [0.1, 0.15) is 33.2 Å². The van der Waals surface area contributed by atoms with Crippen molar-refractivity contribution in [1.29, 1.82) is 0 Å². The fourth-order valence-electron chi connectivity index (χ4n) is 3.87. The summed E-state index contributed by atoms with van der Waals surface area (Å²) in [6, 6.07) is 2.34. The molecule has 3 aromatic rings. The molecular formula is C22H18Cl2N8O4S3. The number of fused-ring (bicyclic) bond motifs is 2. The number of rotatable bonds is 9. The Morgan fingerprint density at radius 1 is 1.26 bits per heavy atom. The Morgan fingerprint density at radius 2 is 2.03 bits per heavy atom. The van der Waals surface area contributed by atoms with E-state index in [0.717, 1.165) is 0 Å². The van der Waals surface area contributed by atoms with Crippen molar-refractivity contribution in [1.82, 2.24) is 35.4 Å². The molecule has 17 heteroatoms. The van der Waals surface area contributed by atoms with Gasteiger partial charge < -0.3 is 16.2 Å². The maximum atomic E-state index is 12.9. The van der Waals surface area contributed by atoms with E-state index in [1.165, 1.54) is 40.2 Å². The average Bonchev–Trinajstić information content (AvgIpc) is 3.37. The first kappa shape index (κ1) is 27.6. The Bertz CT molecular complexity index is 1530. The molecule has 0 spiro atoms. The molecule has 1 saturated heterocycles. The van der Waals surface area contributed by atoms with Gasteiger partial charge in [-0.3, -0.25) is 19.6 Å². The SMILES string of the molecule is Nc1nc(SCC=CC2=C(C(=O)O)N3C(=O)[C@@H](NC(=O)CSc4cc(Cl)nc(Cl)c4)[C@H]3SC2)nc2[nH]ncc12. The van der Waals surface area contributed by atoms with Crippen LogP contribution in [0, 0.1) is 0 Å². The lowest BCUT2D eigenvalue weighted by molar-refractivity contribution is -0.150. The summed E-state index contributed by atoms with van der Waals surface area (Å²) < 4.78 is 0. The fourth-order valence-corrected chi connectivity index (χ4v) is 7.21. The number of anilines is 1. The number of aliphatic carboxylic acids is 1. The molecule has 2 aliphatic heterocycles. The molecule has 0 aromatic carbocycles. The zero-order valence-electron chi connectivity index (χ0n) is 19.6. The molecular weight excluding hydrogens is 607 g/mol. The van der Waals surface area contributed by atoms with E-state index in [4.69, 9.17) is 28.9 Å². The Labute approximate surface area is 243 Å². The molecule has 0 radical (unpaired) electrons. The van der Waals surface area contributed by atoms with Crippen LogP contribution in [0.1, 0.15) is 0 Å². The second-order valence-corrected chi connectivity index (χ2v) is 12.0. The largest absolute Gasteiger partial charge is 0.477 e. The zero-order valence-corrected chi connectivity index (χ0v) is 23.6. The van der Waals surface area contributed by atoms with Gasteiger partial charge in [0.05, 0.1) is 17.3 Å². The summed E-state index contributed by atoms with van der Waals surface area (Å²) in [7, 11) is 0. The molecule has 0 saturated carbocycles. The normalized spacial score (nSPS) is 18.9. The molecule has 2 aliphatic rings. The molecule has 2 atom stereocenters. The number of nitrogens with one attached hydrogen (secondary N) is 2. The highest BCUT2D eigenvalue weighted by Crippen LogP contribution is 2.40.